The van der Waals surface area contributed by atoms with Gasteiger partial charge >= 0.3 is 5.97 Å². The van der Waals surface area contributed by atoms with Gasteiger partial charge in [-0.1, -0.05) is 12.1 Å². The van der Waals surface area contributed by atoms with Crippen LogP contribution in [0.15, 0.2) is 36.7 Å². The van der Waals surface area contributed by atoms with Crippen LogP contribution in [0.25, 0.3) is 0 Å². The number of nitrogens with one attached hydrogen (secondary N) is 2. The van der Waals surface area contributed by atoms with E-state index in [-0.39, 0.29) is 12.3 Å². The molecule has 8 heteroatoms. The first-order valence-corrected chi connectivity index (χ1v) is 8.79. The van der Waals surface area contributed by atoms with E-state index in [9.17, 15) is 9.59 Å². The summed E-state index contributed by atoms with van der Waals surface area (Å²) in [5.74, 6) is -0.336. The number of ether oxygens (including phenoxy) is 1. The molecule has 0 radical (unpaired) electrons. The van der Waals surface area contributed by atoms with Gasteiger partial charge in [0.2, 0.25) is 0 Å². The number of aromatic nitrogens is 2. The van der Waals surface area contributed by atoms with E-state index in [0.717, 1.165) is 19.5 Å². The number of hydrogen-bond acceptors (Lipinski definition) is 7. The van der Waals surface area contributed by atoms with Crippen molar-refractivity contribution in [2.24, 2.45) is 0 Å². The quantitative estimate of drug-likeness (QED) is 0.515. The highest BCUT2D eigenvalue weighted by Crippen LogP contribution is 2.17. The normalized spacial score (nSPS) is 10.5. The lowest BCUT2D eigenvalue weighted by molar-refractivity contribution is 0.0527. The highest BCUT2D eigenvalue weighted by Gasteiger charge is 2.16. The first-order chi connectivity index (χ1) is 13.0. The zero-order valence-corrected chi connectivity index (χ0v) is 15.9. The number of nitrogens with zero attached hydrogens (tertiary/aromatic N) is 3. The van der Waals surface area contributed by atoms with Crippen molar-refractivity contribution >= 4 is 23.4 Å². The maximum atomic E-state index is 12.5. The van der Waals surface area contributed by atoms with Gasteiger partial charge in [-0.3, -0.25) is 4.79 Å². The average Bonchev–Trinajstić information content (AvgIpc) is 2.66. The Bertz CT molecular complexity index is 779. The van der Waals surface area contributed by atoms with E-state index in [4.69, 9.17) is 4.74 Å². The zero-order chi connectivity index (χ0) is 19.6. The Morgan fingerprint density at radius 2 is 1.96 bits per heavy atom. The van der Waals surface area contributed by atoms with Gasteiger partial charge in [-0.2, -0.15) is 0 Å². The molecule has 1 aromatic carbocycles. The standard InChI is InChI=1S/C19H25N5O3/c1-4-27-19(26)14-8-5-6-9-15(14)23-18(25)16-12-17(22-13-21-16)20-10-7-11-24(2)3/h5-6,8-9,12-13H,4,7,10-11H2,1-3H3,(H,23,25)(H,20,21,22). The van der Waals surface area contributed by atoms with Crippen molar-refractivity contribution in [3.63, 3.8) is 0 Å². The predicted octanol–water partition coefficient (Wildman–Crippen LogP) is 2.27. The molecule has 0 unspecified atom stereocenters. The number of para-hydroxylation sites is 1. The molecule has 2 aromatic rings. The molecule has 0 bridgehead atoms. The molecule has 0 aliphatic carbocycles. The summed E-state index contributed by atoms with van der Waals surface area (Å²) < 4.78 is 5.02. The van der Waals surface area contributed by atoms with E-state index in [2.05, 4.69) is 25.5 Å². The minimum atomic E-state index is -0.487. The van der Waals surface area contributed by atoms with E-state index >= 15 is 0 Å². The van der Waals surface area contributed by atoms with Gasteiger partial charge in [0.1, 0.15) is 17.8 Å². The number of amides is 1. The maximum absolute atomic E-state index is 12.5. The van der Waals surface area contributed by atoms with Gasteiger partial charge in [0.15, 0.2) is 0 Å². The minimum Gasteiger partial charge on any atom is -0.462 e. The average molecular weight is 371 g/mol. The molecule has 0 atom stereocenters. The van der Waals surface area contributed by atoms with Gasteiger partial charge in [-0.05, 0) is 46.1 Å². The van der Waals surface area contributed by atoms with E-state index in [0.29, 0.717) is 17.1 Å². The summed E-state index contributed by atoms with van der Waals surface area (Å²) in [5, 5.41) is 5.88. The van der Waals surface area contributed by atoms with Crippen LogP contribution in [0.5, 0.6) is 0 Å². The highest BCUT2D eigenvalue weighted by molar-refractivity contribution is 6.07. The summed E-state index contributed by atoms with van der Waals surface area (Å²) in [4.78, 5) is 34.8. The number of benzene rings is 1. The lowest BCUT2D eigenvalue weighted by atomic mass is 10.1. The second kappa shape index (κ2) is 10.2. The van der Waals surface area contributed by atoms with Gasteiger partial charge in [0.05, 0.1) is 17.9 Å². The largest absolute Gasteiger partial charge is 0.462 e. The van der Waals surface area contributed by atoms with Crippen LogP contribution in [0, 0.1) is 0 Å². The maximum Gasteiger partial charge on any atom is 0.340 e. The third kappa shape index (κ3) is 6.34. The molecule has 0 spiro atoms. The van der Waals surface area contributed by atoms with E-state index in [1.807, 2.05) is 14.1 Å². The van der Waals surface area contributed by atoms with Crippen LogP contribution in [0.2, 0.25) is 0 Å². The molecule has 1 aromatic heterocycles. The molecule has 2 N–H and O–H groups in total. The molecule has 144 valence electrons. The lowest BCUT2D eigenvalue weighted by Gasteiger charge is -2.11. The first-order valence-electron chi connectivity index (χ1n) is 8.79. The second-order valence-electron chi connectivity index (χ2n) is 6.09. The van der Waals surface area contributed by atoms with Crippen molar-refractivity contribution in [3.05, 3.63) is 47.9 Å². The van der Waals surface area contributed by atoms with Gasteiger partial charge in [0.25, 0.3) is 5.91 Å². The van der Waals surface area contributed by atoms with Crippen LogP contribution >= 0.6 is 0 Å². The summed E-state index contributed by atoms with van der Waals surface area (Å²) in [6.07, 6.45) is 2.28. The van der Waals surface area contributed by atoms with Crippen molar-refractivity contribution in [2.45, 2.75) is 13.3 Å². The third-order valence-electron chi connectivity index (χ3n) is 3.66. The fraction of sp³-hybridized carbons (Fsp3) is 0.368. The fourth-order valence-corrected chi connectivity index (χ4v) is 2.36. The highest BCUT2D eigenvalue weighted by atomic mass is 16.5. The number of carbonyl (C=O) groups is 2. The lowest BCUT2D eigenvalue weighted by Crippen LogP contribution is -2.18. The molecule has 2 rings (SSSR count). The van der Waals surface area contributed by atoms with Gasteiger partial charge < -0.3 is 20.3 Å². The Hall–Kier alpha value is -3.00. The summed E-state index contributed by atoms with van der Waals surface area (Å²) in [7, 11) is 4.03. The van der Waals surface area contributed by atoms with Crippen LogP contribution in [-0.2, 0) is 4.74 Å². The van der Waals surface area contributed by atoms with E-state index in [1.165, 1.54) is 6.33 Å². The van der Waals surface area contributed by atoms with Crippen LogP contribution in [0.3, 0.4) is 0 Å². The summed E-state index contributed by atoms with van der Waals surface area (Å²) in [6, 6.07) is 8.27. The molecule has 0 fully saturated rings. The molecule has 0 saturated heterocycles. The number of esters is 1. The molecular formula is C19H25N5O3. The number of rotatable bonds is 9. The summed E-state index contributed by atoms with van der Waals surface area (Å²) >= 11 is 0. The molecule has 0 aliphatic rings. The minimum absolute atomic E-state index is 0.207. The number of carbonyl (C=O) groups excluding carboxylic acids is 2. The van der Waals surface area contributed by atoms with E-state index < -0.39 is 11.9 Å². The van der Waals surface area contributed by atoms with Crippen LogP contribution in [0.1, 0.15) is 34.2 Å². The SMILES string of the molecule is CCOC(=O)c1ccccc1NC(=O)c1cc(NCCCN(C)C)ncn1. The number of hydrogen-bond donors (Lipinski definition) is 2. The van der Waals surface area contributed by atoms with Crippen molar-refractivity contribution in [3.8, 4) is 0 Å². The molecule has 1 heterocycles. The zero-order valence-electron chi connectivity index (χ0n) is 15.9. The van der Waals surface area contributed by atoms with Crippen molar-refractivity contribution in [1.29, 1.82) is 0 Å². The van der Waals surface area contributed by atoms with Crippen LogP contribution in [0.4, 0.5) is 11.5 Å². The molecule has 1 amide bonds. The van der Waals surface area contributed by atoms with Gasteiger partial charge in [0, 0.05) is 12.6 Å². The number of anilines is 2. The Morgan fingerprint density at radius 1 is 1.19 bits per heavy atom. The monoisotopic (exact) mass is 371 g/mol. The first kappa shape index (κ1) is 20.3. The van der Waals surface area contributed by atoms with Crippen molar-refractivity contribution < 1.29 is 14.3 Å². The summed E-state index contributed by atoms with van der Waals surface area (Å²) in [6.45, 7) is 3.68. The third-order valence-corrected chi connectivity index (χ3v) is 3.66. The Balaban J connectivity index is 2.04. The van der Waals surface area contributed by atoms with Gasteiger partial charge in [-0.15, -0.1) is 0 Å². The van der Waals surface area contributed by atoms with Crippen LogP contribution in [-0.4, -0.2) is 60.5 Å². The fourth-order valence-electron chi connectivity index (χ4n) is 2.36. The smallest absolute Gasteiger partial charge is 0.340 e. The molecule has 0 aliphatic heterocycles. The topological polar surface area (TPSA) is 96.4 Å². The molecular weight excluding hydrogens is 346 g/mol. The van der Waals surface area contributed by atoms with Crippen molar-refractivity contribution in [1.82, 2.24) is 14.9 Å². The van der Waals surface area contributed by atoms with Crippen molar-refractivity contribution in [2.75, 3.05) is 44.4 Å². The van der Waals surface area contributed by atoms with Crippen LogP contribution < -0.4 is 10.6 Å². The Labute approximate surface area is 159 Å². The van der Waals surface area contributed by atoms with E-state index in [1.54, 1.807) is 37.3 Å². The molecule has 8 nitrogen and oxygen atoms in total. The van der Waals surface area contributed by atoms with Gasteiger partial charge in [-0.25, -0.2) is 14.8 Å². The molecule has 27 heavy (non-hydrogen) atoms. The Morgan fingerprint density at radius 3 is 2.70 bits per heavy atom. The second-order valence-corrected chi connectivity index (χ2v) is 6.09. The Kier molecular flexibility index (Phi) is 7.69. The molecule has 0 saturated carbocycles. The summed E-state index contributed by atoms with van der Waals surface area (Å²) in [5.41, 5.74) is 0.877. The predicted molar refractivity (Wildman–Crippen MR) is 104 cm³/mol.